The summed E-state index contributed by atoms with van der Waals surface area (Å²) in [6, 6.07) is 18.0. The molecule has 0 heterocycles. The van der Waals surface area contributed by atoms with Crippen LogP contribution in [0.2, 0.25) is 0 Å². The highest BCUT2D eigenvalue weighted by Crippen LogP contribution is 2.13. The van der Waals surface area contributed by atoms with Crippen molar-refractivity contribution < 1.29 is 0 Å². The van der Waals surface area contributed by atoms with E-state index in [0.717, 1.165) is 24.7 Å². The zero-order valence-electron chi connectivity index (χ0n) is 15.0. The summed E-state index contributed by atoms with van der Waals surface area (Å²) in [6.45, 7) is 9.06. The van der Waals surface area contributed by atoms with Crippen LogP contribution in [0.1, 0.15) is 49.9 Å². The Kier molecular flexibility index (Phi) is 6.65. The molecule has 0 aliphatic heterocycles. The molecule has 0 atom stereocenters. The summed E-state index contributed by atoms with van der Waals surface area (Å²) in [5.74, 6) is 1.44. The molecule has 0 heteroatoms. The Morgan fingerprint density at radius 3 is 1.57 bits per heavy atom. The minimum absolute atomic E-state index is 0.718. The van der Waals surface area contributed by atoms with Crippen LogP contribution >= 0.6 is 0 Å². The van der Waals surface area contributed by atoms with Crippen LogP contribution in [0, 0.1) is 11.8 Å². The minimum Gasteiger partial charge on any atom is -0.0795 e. The Bertz CT molecular complexity index is 597. The van der Waals surface area contributed by atoms with E-state index < -0.39 is 0 Å². The first-order valence-electron chi connectivity index (χ1n) is 8.86. The second kappa shape index (κ2) is 8.72. The Balaban J connectivity index is 1.88. The van der Waals surface area contributed by atoms with Crippen LogP contribution < -0.4 is 0 Å². The Morgan fingerprint density at radius 2 is 1.09 bits per heavy atom. The van der Waals surface area contributed by atoms with Crippen LogP contribution in [-0.4, -0.2) is 0 Å². The van der Waals surface area contributed by atoms with Gasteiger partial charge in [-0.1, -0.05) is 88.4 Å². The SMILES string of the molecule is CC(C)Cc1ccc(/C=C\Cc2ccc(CC(C)C)cc2)cc1. The van der Waals surface area contributed by atoms with E-state index in [9.17, 15) is 0 Å². The van der Waals surface area contributed by atoms with Gasteiger partial charge in [-0.3, -0.25) is 0 Å². The molecular formula is C23H30. The zero-order chi connectivity index (χ0) is 16.7. The lowest BCUT2D eigenvalue weighted by molar-refractivity contribution is 0.647. The fourth-order valence-corrected chi connectivity index (χ4v) is 2.85. The Morgan fingerprint density at radius 1 is 0.652 bits per heavy atom. The van der Waals surface area contributed by atoms with Crippen LogP contribution in [0.25, 0.3) is 6.08 Å². The summed E-state index contributed by atoms with van der Waals surface area (Å²) in [4.78, 5) is 0. The van der Waals surface area contributed by atoms with Crippen LogP contribution in [0.15, 0.2) is 54.6 Å². The summed E-state index contributed by atoms with van der Waals surface area (Å²) >= 11 is 0. The van der Waals surface area contributed by atoms with Gasteiger partial charge in [0, 0.05) is 0 Å². The molecule has 0 unspecified atom stereocenters. The molecule has 0 nitrogen and oxygen atoms in total. The molecule has 0 radical (unpaired) electrons. The van der Waals surface area contributed by atoms with Crippen LogP contribution in [0.4, 0.5) is 0 Å². The molecule has 0 fully saturated rings. The van der Waals surface area contributed by atoms with Crippen molar-refractivity contribution in [2.45, 2.75) is 47.0 Å². The molecule has 0 aliphatic rings. The van der Waals surface area contributed by atoms with Gasteiger partial charge in [0.05, 0.1) is 0 Å². The number of rotatable bonds is 7. The molecule has 0 amide bonds. The Hall–Kier alpha value is -1.82. The van der Waals surface area contributed by atoms with Crippen molar-refractivity contribution in [3.05, 3.63) is 76.9 Å². The van der Waals surface area contributed by atoms with E-state index in [1.165, 1.54) is 28.7 Å². The second-order valence-corrected chi connectivity index (χ2v) is 7.36. The fourth-order valence-electron chi connectivity index (χ4n) is 2.85. The average Bonchev–Trinajstić information content (AvgIpc) is 2.50. The highest BCUT2D eigenvalue weighted by atomic mass is 14.0. The predicted octanol–water partition coefficient (Wildman–Crippen LogP) is 6.34. The molecule has 0 bridgehead atoms. The highest BCUT2D eigenvalue weighted by Gasteiger charge is 1.98. The van der Waals surface area contributed by atoms with Crippen molar-refractivity contribution in [1.29, 1.82) is 0 Å². The molecule has 2 aromatic rings. The molecular weight excluding hydrogens is 276 g/mol. The van der Waals surface area contributed by atoms with Gasteiger partial charge in [-0.25, -0.2) is 0 Å². The van der Waals surface area contributed by atoms with Gasteiger partial charge in [-0.05, 0) is 53.4 Å². The van der Waals surface area contributed by atoms with E-state index in [4.69, 9.17) is 0 Å². The summed E-state index contributed by atoms with van der Waals surface area (Å²) in [7, 11) is 0. The van der Waals surface area contributed by atoms with E-state index in [1.54, 1.807) is 0 Å². The molecule has 0 spiro atoms. The standard InChI is InChI=1S/C23H30/c1-18(2)16-22-12-8-20(9-13-22)6-5-7-21-10-14-23(15-11-21)17-19(3)4/h5-6,8-15,18-19H,7,16-17H2,1-4H3/b6-5-. The molecule has 0 aromatic heterocycles. The van der Waals surface area contributed by atoms with Gasteiger partial charge in [0.25, 0.3) is 0 Å². The van der Waals surface area contributed by atoms with Gasteiger partial charge >= 0.3 is 0 Å². The van der Waals surface area contributed by atoms with Crippen LogP contribution in [0.5, 0.6) is 0 Å². The average molecular weight is 306 g/mol. The fraction of sp³-hybridized carbons (Fsp3) is 0.391. The van der Waals surface area contributed by atoms with Crippen molar-refractivity contribution in [1.82, 2.24) is 0 Å². The molecule has 0 saturated carbocycles. The number of allylic oxidation sites excluding steroid dienone is 1. The van der Waals surface area contributed by atoms with E-state index >= 15 is 0 Å². The van der Waals surface area contributed by atoms with Crippen molar-refractivity contribution in [3.8, 4) is 0 Å². The van der Waals surface area contributed by atoms with E-state index in [0.29, 0.717) is 0 Å². The molecule has 23 heavy (non-hydrogen) atoms. The number of hydrogen-bond donors (Lipinski definition) is 0. The lowest BCUT2D eigenvalue weighted by atomic mass is 10.0. The Labute approximate surface area is 142 Å². The lowest BCUT2D eigenvalue weighted by Crippen LogP contribution is -1.94. The van der Waals surface area contributed by atoms with Crippen molar-refractivity contribution in [3.63, 3.8) is 0 Å². The minimum atomic E-state index is 0.718. The maximum Gasteiger partial charge on any atom is -0.00941 e. The topological polar surface area (TPSA) is 0 Å². The molecule has 0 aliphatic carbocycles. The predicted molar refractivity (Wildman–Crippen MR) is 103 cm³/mol. The third kappa shape index (κ3) is 6.44. The molecule has 2 rings (SSSR count). The normalized spacial score (nSPS) is 11.7. The van der Waals surface area contributed by atoms with Gasteiger partial charge < -0.3 is 0 Å². The lowest BCUT2D eigenvalue weighted by Gasteiger charge is -2.06. The third-order valence-electron chi connectivity index (χ3n) is 3.95. The quantitative estimate of drug-likeness (QED) is 0.560. The van der Waals surface area contributed by atoms with Gasteiger partial charge in [-0.2, -0.15) is 0 Å². The summed E-state index contributed by atoms with van der Waals surface area (Å²) in [5.41, 5.74) is 5.53. The van der Waals surface area contributed by atoms with E-state index in [2.05, 4.69) is 88.4 Å². The maximum absolute atomic E-state index is 2.27. The molecule has 2 aromatic carbocycles. The smallest absolute Gasteiger partial charge is 0.00941 e. The first-order chi connectivity index (χ1) is 11.0. The monoisotopic (exact) mass is 306 g/mol. The first kappa shape index (κ1) is 17.5. The largest absolute Gasteiger partial charge is 0.0795 e. The van der Waals surface area contributed by atoms with E-state index in [1.807, 2.05) is 0 Å². The van der Waals surface area contributed by atoms with Gasteiger partial charge in [0.15, 0.2) is 0 Å². The molecule has 0 N–H and O–H groups in total. The third-order valence-corrected chi connectivity index (χ3v) is 3.95. The van der Waals surface area contributed by atoms with Crippen LogP contribution in [0.3, 0.4) is 0 Å². The summed E-state index contributed by atoms with van der Waals surface area (Å²) in [6.07, 6.45) is 7.80. The van der Waals surface area contributed by atoms with Crippen molar-refractivity contribution >= 4 is 6.08 Å². The van der Waals surface area contributed by atoms with Gasteiger partial charge in [0.2, 0.25) is 0 Å². The second-order valence-electron chi connectivity index (χ2n) is 7.36. The van der Waals surface area contributed by atoms with Crippen LogP contribution in [-0.2, 0) is 19.3 Å². The zero-order valence-corrected chi connectivity index (χ0v) is 15.0. The number of benzene rings is 2. The van der Waals surface area contributed by atoms with Gasteiger partial charge in [-0.15, -0.1) is 0 Å². The van der Waals surface area contributed by atoms with Crippen molar-refractivity contribution in [2.24, 2.45) is 11.8 Å². The van der Waals surface area contributed by atoms with Crippen molar-refractivity contribution in [2.75, 3.05) is 0 Å². The number of hydrogen-bond acceptors (Lipinski definition) is 0. The van der Waals surface area contributed by atoms with E-state index in [-0.39, 0.29) is 0 Å². The molecule has 0 saturated heterocycles. The molecule has 122 valence electrons. The maximum atomic E-state index is 2.27. The highest BCUT2D eigenvalue weighted by molar-refractivity contribution is 5.50. The summed E-state index contributed by atoms with van der Waals surface area (Å²) < 4.78 is 0. The first-order valence-corrected chi connectivity index (χ1v) is 8.86. The van der Waals surface area contributed by atoms with Gasteiger partial charge in [0.1, 0.15) is 0 Å². The summed E-state index contributed by atoms with van der Waals surface area (Å²) in [5, 5.41) is 0.